The third-order valence-corrected chi connectivity index (χ3v) is 5.09. The summed E-state index contributed by atoms with van der Waals surface area (Å²) in [6.07, 6.45) is 1.74. The van der Waals surface area contributed by atoms with Gasteiger partial charge in [-0.1, -0.05) is 35.3 Å². The molecule has 0 saturated carbocycles. The predicted octanol–water partition coefficient (Wildman–Crippen LogP) is 4.90. The van der Waals surface area contributed by atoms with E-state index in [1.54, 1.807) is 27.9 Å². The summed E-state index contributed by atoms with van der Waals surface area (Å²) >= 11 is 13.6. The van der Waals surface area contributed by atoms with Crippen molar-refractivity contribution in [2.45, 2.75) is 13.5 Å². The fourth-order valence-corrected chi connectivity index (χ4v) is 3.65. The number of thiophene rings is 1. The van der Waals surface area contributed by atoms with E-state index in [-0.39, 0.29) is 5.91 Å². The number of hydrogen-bond acceptors (Lipinski definition) is 3. The van der Waals surface area contributed by atoms with E-state index in [0.29, 0.717) is 23.8 Å². The minimum atomic E-state index is -0.118. The van der Waals surface area contributed by atoms with Crippen LogP contribution in [0.3, 0.4) is 0 Å². The zero-order chi connectivity index (χ0) is 17.1. The number of para-hydroxylation sites is 1. The molecule has 2 heterocycles. The first-order valence-corrected chi connectivity index (χ1v) is 8.99. The second kappa shape index (κ2) is 7.38. The standard InChI is InChI=1S/C17H15Cl2N3OS/c1-2-21(11-12-7-8-16(19)24-12)17(23)14-9-10-22(20-14)15-6-4-3-5-13(15)18/h3-10H,2,11H2,1H3. The molecule has 0 saturated heterocycles. The molecule has 124 valence electrons. The summed E-state index contributed by atoms with van der Waals surface area (Å²) in [5.41, 5.74) is 1.13. The molecule has 1 aromatic carbocycles. The Balaban J connectivity index is 1.80. The molecule has 0 aliphatic rings. The van der Waals surface area contributed by atoms with Crippen molar-refractivity contribution in [3.8, 4) is 5.69 Å². The normalized spacial score (nSPS) is 10.8. The first-order chi connectivity index (χ1) is 11.6. The summed E-state index contributed by atoms with van der Waals surface area (Å²) in [6.45, 7) is 3.05. The molecule has 0 bridgehead atoms. The highest BCUT2D eigenvalue weighted by Gasteiger charge is 2.18. The molecule has 4 nitrogen and oxygen atoms in total. The molecule has 7 heteroatoms. The van der Waals surface area contributed by atoms with Gasteiger partial charge in [0.25, 0.3) is 5.91 Å². The highest BCUT2D eigenvalue weighted by molar-refractivity contribution is 7.16. The summed E-state index contributed by atoms with van der Waals surface area (Å²) in [7, 11) is 0. The van der Waals surface area contributed by atoms with Gasteiger partial charge in [-0.05, 0) is 37.3 Å². The molecule has 24 heavy (non-hydrogen) atoms. The quantitative estimate of drug-likeness (QED) is 0.631. The molecule has 0 atom stereocenters. The highest BCUT2D eigenvalue weighted by atomic mass is 35.5. The van der Waals surface area contributed by atoms with Gasteiger partial charge in [0.2, 0.25) is 0 Å². The van der Waals surface area contributed by atoms with Crippen molar-refractivity contribution in [3.05, 3.63) is 68.6 Å². The number of nitrogens with zero attached hydrogens (tertiary/aromatic N) is 3. The van der Waals surface area contributed by atoms with Crippen molar-refractivity contribution in [1.82, 2.24) is 14.7 Å². The van der Waals surface area contributed by atoms with Crippen molar-refractivity contribution >= 4 is 40.4 Å². The molecule has 0 unspecified atom stereocenters. The smallest absolute Gasteiger partial charge is 0.274 e. The van der Waals surface area contributed by atoms with Gasteiger partial charge in [0.1, 0.15) is 0 Å². The third kappa shape index (κ3) is 3.64. The Morgan fingerprint density at radius 2 is 2.00 bits per heavy atom. The van der Waals surface area contributed by atoms with Crippen LogP contribution in [0.2, 0.25) is 9.36 Å². The largest absolute Gasteiger partial charge is 0.332 e. The molecule has 0 fully saturated rings. The molecule has 1 amide bonds. The van der Waals surface area contributed by atoms with Gasteiger partial charge in [-0.2, -0.15) is 5.10 Å². The maximum absolute atomic E-state index is 12.7. The zero-order valence-corrected chi connectivity index (χ0v) is 15.3. The maximum atomic E-state index is 12.7. The number of rotatable bonds is 5. The average molecular weight is 380 g/mol. The Kier molecular flexibility index (Phi) is 5.23. The second-order valence-electron chi connectivity index (χ2n) is 5.12. The van der Waals surface area contributed by atoms with E-state index in [2.05, 4.69) is 5.10 Å². The Bertz CT molecular complexity index is 859. The van der Waals surface area contributed by atoms with Gasteiger partial charge in [-0.25, -0.2) is 4.68 Å². The van der Waals surface area contributed by atoms with Crippen LogP contribution in [0.25, 0.3) is 5.69 Å². The Morgan fingerprint density at radius 1 is 1.21 bits per heavy atom. The summed E-state index contributed by atoms with van der Waals surface area (Å²) in [5, 5.41) is 4.96. The molecule has 3 aromatic rings. The van der Waals surface area contributed by atoms with Crippen molar-refractivity contribution < 1.29 is 4.79 Å². The summed E-state index contributed by atoms with van der Waals surface area (Å²) < 4.78 is 2.34. The van der Waals surface area contributed by atoms with E-state index in [0.717, 1.165) is 14.9 Å². The van der Waals surface area contributed by atoms with Crippen LogP contribution in [0, 0.1) is 0 Å². The summed E-state index contributed by atoms with van der Waals surface area (Å²) in [5.74, 6) is -0.118. The van der Waals surface area contributed by atoms with Crippen LogP contribution in [-0.2, 0) is 6.54 Å². The van der Waals surface area contributed by atoms with Crippen LogP contribution in [0.15, 0.2) is 48.7 Å². The minimum Gasteiger partial charge on any atom is -0.332 e. The van der Waals surface area contributed by atoms with Gasteiger partial charge in [0, 0.05) is 17.6 Å². The zero-order valence-electron chi connectivity index (χ0n) is 12.9. The fourth-order valence-electron chi connectivity index (χ4n) is 2.32. The van der Waals surface area contributed by atoms with Crippen LogP contribution in [0.1, 0.15) is 22.3 Å². The number of aromatic nitrogens is 2. The Hall–Kier alpha value is -1.82. The predicted molar refractivity (Wildman–Crippen MR) is 98.3 cm³/mol. The van der Waals surface area contributed by atoms with Crippen molar-refractivity contribution in [3.63, 3.8) is 0 Å². The van der Waals surface area contributed by atoms with E-state index in [1.807, 2.05) is 37.3 Å². The number of amides is 1. The molecule has 0 spiro atoms. The lowest BCUT2D eigenvalue weighted by Gasteiger charge is -2.18. The van der Waals surface area contributed by atoms with Gasteiger partial charge in [-0.3, -0.25) is 4.79 Å². The van der Waals surface area contributed by atoms with Gasteiger partial charge in [0.05, 0.1) is 21.6 Å². The van der Waals surface area contributed by atoms with Gasteiger partial charge < -0.3 is 4.90 Å². The van der Waals surface area contributed by atoms with Crippen molar-refractivity contribution in [2.24, 2.45) is 0 Å². The first kappa shape index (κ1) is 17.0. The molecule has 0 radical (unpaired) electrons. The summed E-state index contributed by atoms with van der Waals surface area (Å²) in [6, 6.07) is 12.9. The number of carbonyl (C=O) groups excluding carboxylic acids is 1. The van der Waals surface area contributed by atoms with Gasteiger partial charge >= 0.3 is 0 Å². The van der Waals surface area contributed by atoms with E-state index >= 15 is 0 Å². The highest BCUT2D eigenvalue weighted by Crippen LogP contribution is 2.23. The van der Waals surface area contributed by atoms with Crippen LogP contribution in [0.5, 0.6) is 0 Å². The lowest BCUT2D eigenvalue weighted by atomic mass is 10.3. The lowest BCUT2D eigenvalue weighted by molar-refractivity contribution is 0.0748. The van der Waals surface area contributed by atoms with Crippen molar-refractivity contribution in [1.29, 1.82) is 0 Å². The molecule has 2 aromatic heterocycles. The molecular formula is C17H15Cl2N3OS. The Labute approximate surface area is 154 Å². The molecule has 0 aliphatic heterocycles. The third-order valence-electron chi connectivity index (χ3n) is 3.55. The number of carbonyl (C=O) groups is 1. The topological polar surface area (TPSA) is 38.1 Å². The monoisotopic (exact) mass is 379 g/mol. The van der Waals surface area contributed by atoms with Crippen LogP contribution >= 0.6 is 34.5 Å². The van der Waals surface area contributed by atoms with Crippen LogP contribution < -0.4 is 0 Å². The van der Waals surface area contributed by atoms with Crippen molar-refractivity contribution in [2.75, 3.05) is 6.54 Å². The Morgan fingerprint density at radius 3 is 2.67 bits per heavy atom. The fraction of sp³-hybridized carbons (Fsp3) is 0.176. The van der Waals surface area contributed by atoms with Crippen LogP contribution in [0.4, 0.5) is 0 Å². The second-order valence-corrected chi connectivity index (χ2v) is 7.33. The number of halogens is 2. The number of hydrogen-bond donors (Lipinski definition) is 0. The van der Waals surface area contributed by atoms with E-state index in [9.17, 15) is 4.79 Å². The SMILES string of the molecule is CCN(Cc1ccc(Cl)s1)C(=O)c1ccn(-c2ccccc2Cl)n1. The molecule has 0 aliphatic carbocycles. The molecule has 3 rings (SSSR count). The summed E-state index contributed by atoms with van der Waals surface area (Å²) in [4.78, 5) is 15.5. The lowest BCUT2D eigenvalue weighted by Crippen LogP contribution is -2.30. The number of benzene rings is 1. The van der Waals surface area contributed by atoms with Gasteiger partial charge in [-0.15, -0.1) is 11.3 Å². The average Bonchev–Trinajstić information content (AvgIpc) is 3.21. The molecule has 0 N–H and O–H groups in total. The minimum absolute atomic E-state index is 0.118. The first-order valence-electron chi connectivity index (χ1n) is 7.42. The van der Waals surface area contributed by atoms with E-state index < -0.39 is 0 Å². The maximum Gasteiger partial charge on any atom is 0.274 e. The van der Waals surface area contributed by atoms with E-state index in [4.69, 9.17) is 23.2 Å². The molecular weight excluding hydrogens is 365 g/mol. The van der Waals surface area contributed by atoms with Crippen LogP contribution in [-0.4, -0.2) is 27.1 Å². The van der Waals surface area contributed by atoms with Gasteiger partial charge in [0.15, 0.2) is 5.69 Å². The van der Waals surface area contributed by atoms with E-state index in [1.165, 1.54) is 11.3 Å².